The average molecular weight is 112 g/mol. The van der Waals surface area contributed by atoms with Gasteiger partial charge in [0.25, 0.3) is 5.54 Å². The summed E-state index contributed by atoms with van der Waals surface area (Å²) in [4.78, 5) is 3.41. The minimum atomic E-state index is -0.0556. The molecule has 0 radical (unpaired) electrons. The van der Waals surface area contributed by atoms with Gasteiger partial charge in [0.1, 0.15) is 0 Å². The Labute approximate surface area is 50.7 Å². The fourth-order valence-corrected chi connectivity index (χ4v) is 0.566. The largest absolute Gasteiger partial charge is 0.308 e. The third kappa shape index (κ3) is 0.988. The van der Waals surface area contributed by atoms with Crippen molar-refractivity contribution in [1.29, 1.82) is 0 Å². The van der Waals surface area contributed by atoms with Crippen molar-refractivity contribution in [3.63, 3.8) is 0 Å². The molecule has 0 spiro atoms. The Morgan fingerprint density at radius 3 is 2.12 bits per heavy atom. The minimum Gasteiger partial charge on any atom is -0.308 e. The standard InChI is InChI=1S/C5H8N2.CH4/c1-5(6-2)3-7-4-5;/h7H,3-4H2,1H3;1H4. The van der Waals surface area contributed by atoms with Crippen LogP contribution in [0.1, 0.15) is 14.4 Å². The second kappa shape index (κ2) is 2.15. The fourth-order valence-electron chi connectivity index (χ4n) is 0.566. The predicted octanol–water partition coefficient (Wildman–Crippen LogP) is 0.904. The summed E-state index contributed by atoms with van der Waals surface area (Å²) < 4.78 is 0. The summed E-state index contributed by atoms with van der Waals surface area (Å²) in [6.07, 6.45) is 0. The molecule has 0 atom stereocenters. The van der Waals surface area contributed by atoms with Crippen LogP contribution in [0, 0.1) is 6.57 Å². The Kier molecular flexibility index (Phi) is 2.00. The number of hydrogen-bond donors (Lipinski definition) is 1. The third-order valence-corrected chi connectivity index (χ3v) is 1.28. The molecule has 0 aromatic rings. The van der Waals surface area contributed by atoms with Crippen molar-refractivity contribution in [2.45, 2.75) is 19.9 Å². The fraction of sp³-hybridized carbons (Fsp3) is 0.833. The van der Waals surface area contributed by atoms with Crippen LogP contribution in [0.5, 0.6) is 0 Å². The zero-order chi connectivity index (χ0) is 5.33. The van der Waals surface area contributed by atoms with Crippen molar-refractivity contribution in [2.24, 2.45) is 0 Å². The number of hydrogen-bond acceptors (Lipinski definition) is 1. The lowest BCUT2D eigenvalue weighted by molar-refractivity contribution is 0.363. The van der Waals surface area contributed by atoms with E-state index < -0.39 is 0 Å². The molecule has 1 heterocycles. The van der Waals surface area contributed by atoms with Gasteiger partial charge in [0.2, 0.25) is 0 Å². The lowest BCUT2D eigenvalue weighted by Crippen LogP contribution is -2.54. The Balaban J connectivity index is 0.000000490. The Hall–Kier alpha value is -0.550. The second-order valence-corrected chi connectivity index (χ2v) is 2.21. The number of nitrogens with zero attached hydrogens (tertiary/aromatic N) is 1. The van der Waals surface area contributed by atoms with Crippen molar-refractivity contribution >= 4 is 0 Å². The predicted molar refractivity (Wildman–Crippen MR) is 34.6 cm³/mol. The van der Waals surface area contributed by atoms with E-state index in [9.17, 15) is 0 Å². The van der Waals surface area contributed by atoms with Crippen LogP contribution in [0.2, 0.25) is 0 Å². The van der Waals surface area contributed by atoms with E-state index in [1.165, 1.54) is 0 Å². The molecule has 8 heavy (non-hydrogen) atoms. The number of rotatable bonds is 0. The van der Waals surface area contributed by atoms with E-state index in [0.717, 1.165) is 13.1 Å². The smallest absolute Gasteiger partial charge is 0.254 e. The first kappa shape index (κ1) is 7.45. The summed E-state index contributed by atoms with van der Waals surface area (Å²) in [6.45, 7) is 10.4. The van der Waals surface area contributed by atoms with Crippen LogP contribution in [0.3, 0.4) is 0 Å². The zero-order valence-electron chi connectivity index (χ0n) is 4.36. The summed E-state index contributed by atoms with van der Waals surface area (Å²) in [7, 11) is 0. The van der Waals surface area contributed by atoms with Gasteiger partial charge in [-0.05, 0) is 0 Å². The Bertz CT molecular complexity index is 108. The molecule has 0 aromatic carbocycles. The van der Waals surface area contributed by atoms with E-state index in [1.54, 1.807) is 0 Å². The summed E-state index contributed by atoms with van der Waals surface area (Å²) in [5, 5.41) is 3.04. The lowest BCUT2D eigenvalue weighted by atomic mass is 9.97. The molecule has 0 saturated carbocycles. The van der Waals surface area contributed by atoms with Gasteiger partial charge in [0.15, 0.2) is 0 Å². The van der Waals surface area contributed by atoms with Crippen molar-refractivity contribution in [3.8, 4) is 0 Å². The molecule has 1 aliphatic heterocycles. The molecule has 1 rings (SSSR count). The highest BCUT2D eigenvalue weighted by Gasteiger charge is 2.37. The molecule has 1 aliphatic rings. The average Bonchev–Trinajstić information content (AvgIpc) is 1.61. The topological polar surface area (TPSA) is 16.4 Å². The van der Waals surface area contributed by atoms with E-state index in [-0.39, 0.29) is 13.0 Å². The summed E-state index contributed by atoms with van der Waals surface area (Å²) in [5.74, 6) is 0. The third-order valence-electron chi connectivity index (χ3n) is 1.28. The molecule has 2 nitrogen and oxygen atoms in total. The van der Waals surface area contributed by atoms with Gasteiger partial charge >= 0.3 is 0 Å². The highest BCUT2D eigenvalue weighted by atomic mass is 15.1. The Morgan fingerprint density at radius 2 is 2.12 bits per heavy atom. The molecule has 1 fully saturated rings. The number of nitrogens with one attached hydrogen (secondary N) is 1. The molecule has 1 saturated heterocycles. The molecule has 1 N–H and O–H groups in total. The first-order valence-electron chi connectivity index (χ1n) is 2.36. The maximum Gasteiger partial charge on any atom is 0.254 e. The summed E-state index contributed by atoms with van der Waals surface area (Å²) >= 11 is 0. The van der Waals surface area contributed by atoms with Gasteiger partial charge < -0.3 is 10.2 Å². The van der Waals surface area contributed by atoms with Gasteiger partial charge in [-0.1, -0.05) is 7.43 Å². The first-order valence-corrected chi connectivity index (χ1v) is 2.36. The van der Waals surface area contributed by atoms with Crippen LogP contribution in [0.25, 0.3) is 4.85 Å². The lowest BCUT2D eigenvalue weighted by Gasteiger charge is -2.26. The maximum atomic E-state index is 6.64. The van der Waals surface area contributed by atoms with Crippen LogP contribution in [-0.4, -0.2) is 18.6 Å². The van der Waals surface area contributed by atoms with Gasteiger partial charge in [-0.15, -0.1) is 0 Å². The van der Waals surface area contributed by atoms with E-state index in [4.69, 9.17) is 6.57 Å². The zero-order valence-corrected chi connectivity index (χ0v) is 4.36. The second-order valence-electron chi connectivity index (χ2n) is 2.21. The van der Waals surface area contributed by atoms with Gasteiger partial charge in [-0.2, -0.15) is 0 Å². The van der Waals surface area contributed by atoms with Crippen molar-refractivity contribution in [1.82, 2.24) is 5.32 Å². The normalized spacial score (nSPS) is 22.0. The molecule has 2 heteroatoms. The van der Waals surface area contributed by atoms with Crippen LogP contribution in [0.4, 0.5) is 0 Å². The monoisotopic (exact) mass is 112 g/mol. The van der Waals surface area contributed by atoms with Gasteiger partial charge in [-0.25, -0.2) is 6.57 Å². The maximum absolute atomic E-state index is 6.64. The SMILES string of the molecule is C.[C-]#[N+]C1(C)CNC1. The van der Waals surface area contributed by atoms with Crippen LogP contribution < -0.4 is 5.32 Å². The van der Waals surface area contributed by atoms with Crippen molar-refractivity contribution < 1.29 is 0 Å². The van der Waals surface area contributed by atoms with Crippen LogP contribution in [-0.2, 0) is 0 Å². The molecule has 0 aromatic heterocycles. The van der Waals surface area contributed by atoms with Crippen LogP contribution >= 0.6 is 0 Å². The summed E-state index contributed by atoms with van der Waals surface area (Å²) in [5.41, 5.74) is -0.0556. The molecule has 0 aliphatic carbocycles. The quantitative estimate of drug-likeness (QED) is 0.460. The molecule has 0 amide bonds. The minimum absolute atomic E-state index is 0. The Morgan fingerprint density at radius 1 is 1.62 bits per heavy atom. The first-order chi connectivity index (χ1) is 3.27. The van der Waals surface area contributed by atoms with Crippen LogP contribution in [0.15, 0.2) is 0 Å². The highest BCUT2D eigenvalue weighted by molar-refractivity contribution is 5.05. The molecule has 0 bridgehead atoms. The van der Waals surface area contributed by atoms with Crippen molar-refractivity contribution in [2.75, 3.05) is 13.1 Å². The molecule has 0 unspecified atom stereocenters. The van der Waals surface area contributed by atoms with E-state index in [1.807, 2.05) is 6.92 Å². The van der Waals surface area contributed by atoms with Gasteiger partial charge in [0, 0.05) is 6.92 Å². The summed E-state index contributed by atoms with van der Waals surface area (Å²) in [6, 6.07) is 0. The van der Waals surface area contributed by atoms with E-state index >= 15 is 0 Å². The molecular formula is C6H12N2. The van der Waals surface area contributed by atoms with Gasteiger partial charge in [-0.3, -0.25) is 0 Å². The molecule has 46 valence electrons. The van der Waals surface area contributed by atoms with E-state index in [0.29, 0.717) is 0 Å². The molecular weight excluding hydrogens is 100 g/mol. The van der Waals surface area contributed by atoms with Gasteiger partial charge in [0.05, 0.1) is 13.1 Å². The highest BCUT2D eigenvalue weighted by Crippen LogP contribution is 2.13. The van der Waals surface area contributed by atoms with Crippen molar-refractivity contribution in [3.05, 3.63) is 11.4 Å². The van der Waals surface area contributed by atoms with E-state index in [2.05, 4.69) is 10.2 Å².